The Morgan fingerprint density at radius 3 is 2.50 bits per heavy atom. The summed E-state index contributed by atoms with van der Waals surface area (Å²) in [6.45, 7) is 3.80. The summed E-state index contributed by atoms with van der Waals surface area (Å²) in [7, 11) is 1.55. The summed E-state index contributed by atoms with van der Waals surface area (Å²) >= 11 is 5.91. The molecule has 2 aromatic rings. The van der Waals surface area contributed by atoms with Gasteiger partial charge in [-0.2, -0.15) is 0 Å². The van der Waals surface area contributed by atoms with E-state index in [4.69, 9.17) is 16.3 Å². The predicted octanol–water partition coefficient (Wildman–Crippen LogP) is 3.19. The summed E-state index contributed by atoms with van der Waals surface area (Å²) in [5, 5.41) is 3.20. The van der Waals surface area contributed by atoms with Gasteiger partial charge >= 0.3 is 0 Å². The second-order valence-electron chi connectivity index (χ2n) is 6.04. The number of aryl methyl sites for hydroxylation is 1. The van der Waals surface area contributed by atoms with Gasteiger partial charge in [-0.3, -0.25) is 9.59 Å². The number of benzene rings is 2. The highest BCUT2D eigenvalue weighted by Crippen LogP contribution is 2.15. The maximum atomic E-state index is 12.7. The van der Waals surface area contributed by atoms with E-state index in [0.717, 1.165) is 11.1 Å². The standard InChI is InChI=1S/C20H23ClN2O3/c1-14-5-4-6-18(11-14)26-13-19(24)23(15(2)20(25)22-3)12-16-7-9-17(21)10-8-16/h4-11,15H,12-13H2,1-3H3,(H,22,25)/t15-/m1/s1. The van der Waals surface area contributed by atoms with E-state index in [-0.39, 0.29) is 18.4 Å². The van der Waals surface area contributed by atoms with Gasteiger partial charge in [0, 0.05) is 18.6 Å². The summed E-state index contributed by atoms with van der Waals surface area (Å²) in [5.41, 5.74) is 1.93. The zero-order valence-electron chi connectivity index (χ0n) is 15.2. The Bertz CT molecular complexity index is 762. The molecule has 2 aromatic carbocycles. The summed E-state index contributed by atoms with van der Waals surface area (Å²) in [6.07, 6.45) is 0. The molecule has 1 atom stereocenters. The molecular weight excluding hydrogens is 352 g/mol. The number of halogens is 1. The van der Waals surface area contributed by atoms with E-state index >= 15 is 0 Å². The monoisotopic (exact) mass is 374 g/mol. The molecular formula is C20H23ClN2O3. The minimum atomic E-state index is -0.621. The Hall–Kier alpha value is -2.53. The molecule has 0 bridgehead atoms. The molecule has 0 radical (unpaired) electrons. The minimum Gasteiger partial charge on any atom is -0.484 e. The lowest BCUT2D eigenvalue weighted by molar-refractivity contribution is -0.142. The molecule has 2 rings (SSSR count). The van der Waals surface area contributed by atoms with Crippen molar-refractivity contribution in [2.24, 2.45) is 0 Å². The smallest absolute Gasteiger partial charge is 0.261 e. The first-order chi connectivity index (χ1) is 12.4. The van der Waals surface area contributed by atoms with Gasteiger partial charge in [0.2, 0.25) is 5.91 Å². The van der Waals surface area contributed by atoms with Crippen molar-refractivity contribution in [2.45, 2.75) is 26.4 Å². The van der Waals surface area contributed by atoms with Crippen LogP contribution in [0.25, 0.3) is 0 Å². The maximum Gasteiger partial charge on any atom is 0.261 e. The van der Waals surface area contributed by atoms with Crippen LogP contribution < -0.4 is 10.1 Å². The van der Waals surface area contributed by atoms with Crippen molar-refractivity contribution in [2.75, 3.05) is 13.7 Å². The van der Waals surface area contributed by atoms with Crippen LogP contribution in [-0.4, -0.2) is 36.4 Å². The van der Waals surface area contributed by atoms with Crippen molar-refractivity contribution < 1.29 is 14.3 Å². The maximum absolute atomic E-state index is 12.7. The van der Waals surface area contributed by atoms with E-state index < -0.39 is 6.04 Å². The van der Waals surface area contributed by atoms with Crippen LogP contribution in [0.15, 0.2) is 48.5 Å². The number of ether oxygens (including phenoxy) is 1. The van der Waals surface area contributed by atoms with E-state index in [9.17, 15) is 9.59 Å². The highest BCUT2D eigenvalue weighted by Gasteiger charge is 2.25. The van der Waals surface area contributed by atoms with Crippen LogP contribution in [0.2, 0.25) is 5.02 Å². The molecule has 138 valence electrons. The van der Waals surface area contributed by atoms with Gasteiger partial charge in [-0.1, -0.05) is 35.9 Å². The van der Waals surface area contributed by atoms with E-state index in [2.05, 4.69) is 5.32 Å². The second-order valence-corrected chi connectivity index (χ2v) is 6.48. The fraction of sp³-hybridized carbons (Fsp3) is 0.300. The van der Waals surface area contributed by atoms with Crippen LogP contribution in [0.5, 0.6) is 5.75 Å². The van der Waals surface area contributed by atoms with Gasteiger partial charge < -0.3 is 15.0 Å². The number of nitrogens with zero attached hydrogens (tertiary/aromatic N) is 1. The zero-order valence-corrected chi connectivity index (χ0v) is 15.9. The molecule has 2 amide bonds. The van der Waals surface area contributed by atoms with E-state index in [0.29, 0.717) is 17.3 Å². The van der Waals surface area contributed by atoms with E-state index in [1.165, 1.54) is 4.90 Å². The van der Waals surface area contributed by atoms with Crippen LogP contribution in [0, 0.1) is 6.92 Å². The molecule has 0 unspecified atom stereocenters. The molecule has 1 N–H and O–H groups in total. The summed E-state index contributed by atoms with van der Waals surface area (Å²) in [5.74, 6) is 0.123. The number of carbonyl (C=O) groups is 2. The molecule has 0 heterocycles. The van der Waals surface area contributed by atoms with Gasteiger partial charge in [0.1, 0.15) is 11.8 Å². The molecule has 5 nitrogen and oxygen atoms in total. The molecule has 0 spiro atoms. The van der Waals surface area contributed by atoms with Crippen molar-refractivity contribution in [3.8, 4) is 5.75 Å². The Labute approximate surface area is 158 Å². The molecule has 0 aliphatic carbocycles. The molecule has 26 heavy (non-hydrogen) atoms. The lowest BCUT2D eigenvalue weighted by Crippen LogP contribution is -2.48. The van der Waals surface area contributed by atoms with Gasteiger partial charge in [0.25, 0.3) is 5.91 Å². The normalized spacial score (nSPS) is 11.5. The fourth-order valence-electron chi connectivity index (χ4n) is 2.51. The molecule has 0 saturated carbocycles. The molecule has 0 aliphatic heterocycles. The Morgan fingerprint density at radius 1 is 1.19 bits per heavy atom. The molecule has 6 heteroatoms. The second kappa shape index (κ2) is 9.25. The first kappa shape index (κ1) is 19.8. The Kier molecular flexibility index (Phi) is 7.04. The molecule has 0 saturated heterocycles. The third-order valence-corrected chi connectivity index (χ3v) is 4.28. The summed E-state index contributed by atoms with van der Waals surface area (Å²) in [6, 6.07) is 14.0. The average Bonchev–Trinajstić information content (AvgIpc) is 2.64. The quantitative estimate of drug-likeness (QED) is 0.809. The van der Waals surface area contributed by atoms with Crippen LogP contribution >= 0.6 is 11.6 Å². The Balaban J connectivity index is 2.12. The van der Waals surface area contributed by atoms with Crippen molar-refractivity contribution in [1.29, 1.82) is 0 Å². The number of hydrogen-bond acceptors (Lipinski definition) is 3. The van der Waals surface area contributed by atoms with Gasteiger partial charge in [0.05, 0.1) is 0 Å². The lowest BCUT2D eigenvalue weighted by atomic mass is 10.1. The lowest BCUT2D eigenvalue weighted by Gasteiger charge is -2.28. The van der Waals surface area contributed by atoms with E-state index in [1.54, 1.807) is 32.2 Å². The topological polar surface area (TPSA) is 58.6 Å². The first-order valence-electron chi connectivity index (χ1n) is 8.35. The number of rotatable bonds is 7. The average molecular weight is 375 g/mol. The summed E-state index contributed by atoms with van der Waals surface area (Å²) in [4.78, 5) is 26.3. The first-order valence-corrected chi connectivity index (χ1v) is 8.73. The molecule has 0 aromatic heterocycles. The van der Waals surface area contributed by atoms with Crippen molar-refractivity contribution >= 4 is 23.4 Å². The van der Waals surface area contributed by atoms with Crippen LogP contribution in [-0.2, 0) is 16.1 Å². The van der Waals surface area contributed by atoms with Crippen molar-refractivity contribution in [3.05, 3.63) is 64.7 Å². The van der Waals surface area contributed by atoms with E-state index in [1.807, 2.05) is 37.3 Å². The highest BCUT2D eigenvalue weighted by atomic mass is 35.5. The zero-order chi connectivity index (χ0) is 19.1. The third kappa shape index (κ3) is 5.49. The SMILES string of the molecule is CNC(=O)[C@@H](C)N(Cc1ccc(Cl)cc1)C(=O)COc1cccc(C)c1. The highest BCUT2D eigenvalue weighted by molar-refractivity contribution is 6.30. The van der Waals surface area contributed by atoms with Gasteiger partial charge in [-0.05, 0) is 49.2 Å². The number of nitrogens with one attached hydrogen (secondary N) is 1. The van der Waals surface area contributed by atoms with Crippen molar-refractivity contribution in [1.82, 2.24) is 10.2 Å². The third-order valence-electron chi connectivity index (χ3n) is 4.03. The largest absolute Gasteiger partial charge is 0.484 e. The number of likely N-dealkylation sites (N-methyl/N-ethyl adjacent to an activating group) is 1. The van der Waals surface area contributed by atoms with Gasteiger partial charge in [0.15, 0.2) is 6.61 Å². The molecule has 0 aliphatic rings. The van der Waals surface area contributed by atoms with Gasteiger partial charge in [-0.25, -0.2) is 0 Å². The number of hydrogen-bond donors (Lipinski definition) is 1. The number of amides is 2. The Morgan fingerprint density at radius 2 is 1.88 bits per heavy atom. The van der Waals surface area contributed by atoms with Crippen LogP contribution in [0.3, 0.4) is 0 Å². The van der Waals surface area contributed by atoms with Crippen LogP contribution in [0.4, 0.5) is 0 Å². The minimum absolute atomic E-state index is 0.140. The van der Waals surface area contributed by atoms with Gasteiger partial charge in [-0.15, -0.1) is 0 Å². The summed E-state index contributed by atoms with van der Waals surface area (Å²) < 4.78 is 5.61. The predicted molar refractivity (Wildman–Crippen MR) is 102 cm³/mol. The van der Waals surface area contributed by atoms with Crippen LogP contribution in [0.1, 0.15) is 18.1 Å². The molecule has 0 fully saturated rings. The van der Waals surface area contributed by atoms with Crippen molar-refractivity contribution in [3.63, 3.8) is 0 Å². The fourth-order valence-corrected chi connectivity index (χ4v) is 2.64. The number of carbonyl (C=O) groups excluding carboxylic acids is 2.